The fraction of sp³-hybridized carbons (Fsp3) is 0.500. The van der Waals surface area contributed by atoms with Crippen LogP contribution in [0.3, 0.4) is 0 Å². The Morgan fingerprint density at radius 1 is 1.36 bits per heavy atom. The van der Waals surface area contributed by atoms with Gasteiger partial charge in [0.15, 0.2) is 0 Å². The van der Waals surface area contributed by atoms with Crippen LogP contribution >= 0.6 is 0 Å². The Morgan fingerprint density at radius 3 is 2.43 bits per heavy atom. The maximum atomic E-state index is 9.82. The zero-order chi connectivity index (χ0) is 10.7. The lowest BCUT2D eigenvalue weighted by Crippen LogP contribution is -2.33. The molecule has 2 unspecified atom stereocenters. The Hall–Kier alpha value is -1.13. The van der Waals surface area contributed by atoms with Crippen molar-refractivity contribution in [2.75, 3.05) is 5.73 Å². The second kappa shape index (κ2) is 4.39. The Morgan fingerprint density at radius 2 is 2.00 bits per heavy atom. The highest BCUT2D eigenvalue weighted by molar-refractivity contribution is 5.35. The van der Waals surface area contributed by atoms with E-state index in [-0.39, 0.29) is 12.0 Å². The second-order valence-electron chi connectivity index (χ2n) is 3.78. The number of hydrogen-bond acceptors (Lipinski definition) is 4. The summed E-state index contributed by atoms with van der Waals surface area (Å²) in [6.07, 6.45) is 0.793. The molecule has 78 valence electrons. The number of aromatic nitrogens is 1. The fourth-order valence-corrected chi connectivity index (χ4v) is 1.15. The normalized spacial score (nSPS) is 15.5. The highest BCUT2D eigenvalue weighted by atomic mass is 16.3. The van der Waals surface area contributed by atoms with Crippen LogP contribution in [0.2, 0.25) is 0 Å². The first-order valence-electron chi connectivity index (χ1n) is 4.67. The van der Waals surface area contributed by atoms with E-state index in [1.54, 1.807) is 12.1 Å². The molecule has 0 spiro atoms. The van der Waals surface area contributed by atoms with Gasteiger partial charge >= 0.3 is 0 Å². The van der Waals surface area contributed by atoms with E-state index in [0.717, 1.165) is 0 Å². The van der Waals surface area contributed by atoms with Gasteiger partial charge in [-0.25, -0.2) is 0 Å². The van der Waals surface area contributed by atoms with E-state index in [4.69, 9.17) is 11.5 Å². The summed E-state index contributed by atoms with van der Waals surface area (Å²) in [5.41, 5.74) is 12.4. The van der Waals surface area contributed by atoms with Gasteiger partial charge in [0, 0.05) is 6.04 Å². The van der Waals surface area contributed by atoms with E-state index in [1.165, 1.54) is 6.20 Å². The summed E-state index contributed by atoms with van der Waals surface area (Å²) >= 11 is 0. The maximum absolute atomic E-state index is 9.82. The maximum Gasteiger partial charge on any atom is 0.111 e. The molecule has 1 aromatic rings. The molecule has 2 atom stereocenters. The average Bonchev–Trinajstić information content (AvgIpc) is 2.16. The Bertz CT molecular complexity index is 284. The lowest BCUT2D eigenvalue weighted by molar-refractivity contribution is 0.121. The van der Waals surface area contributed by atoms with Crippen LogP contribution in [0.4, 0.5) is 5.69 Å². The van der Waals surface area contributed by atoms with Crippen molar-refractivity contribution in [3.8, 4) is 0 Å². The summed E-state index contributed by atoms with van der Waals surface area (Å²) in [4.78, 5) is 4.03. The number of aliphatic hydroxyl groups excluding tert-OH is 1. The molecule has 0 aliphatic heterocycles. The third kappa shape index (κ3) is 2.43. The zero-order valence-electron chi connectivity index (χ0n) is 8.51. The van der Waals surface area contributed by atoms with Gasteiger partial charge in [-0.05, 0) is 18.1 Å². The molecule has 4 nitrogen and oxygen atoms in total. The standard InChI is InChI=1S/C10H17N3O/c1-6(2)9(12)10(14)8-4-3-7(11)5-13-8/h3-6,9-10,14H,11-12H2,1-2H3. The molecule has 0 saturated carbocycles. The van der Waals surface area contributed by atoms with Crippen LogP contribution in [0.5, 0.6) is 0 Å². The number of rotatable bonds is 3. The molecule has 0 aliphatic rings. The van der Waals surface area contributed by atoms with E-state index >= 15 is 0 Å². The summed E-state index contributed by atoms with van der Waals surface area (Å²) in [5.74, 6) is 0.212. The molecule has 0 radical (unpaired) electrons. The van der Waals surface area contributed by atoms with Crippen molar-refractivity contribution in [2.45, 2.75) is 26.0 Å². The molecule has 0 aliphatic carbocycles. The van der Waals surface area contributed by atoms with Crippen molar-refractivity contribution in [1.82, 2.24) is 4.98 Å². The van der Waals surface area contributed by atoms with E-state index in [2.05, 4.69) is 4.98 Å². The third-order valence-corrected chi connectivity index (χ3v) is 2.25. The Labute approximate surface area is 83.9 Å². The quantitative estimate of drug-likeness (QED) is 0.662. The highest BCUT2D eigenvalue weighted by Crippen LogP contribution is 2.18. The molecule has 0 aromatic carbocycles. The van der Waals surface area contributed by atoms with E-state index in [1.807, 2.05) is 13.8 Å². The predicted octanol–water partition coefficient (Wildman–Crippen LogP) is 0.680. The first-order valence-corrected chi connectivity index (χ1v) is 4.67. The van der Waals surface area contributed by atoms with Crippen LogP contribution in [0, 0.1) is 5.92 Å². The van der Waals surface area contributed by atoms with Gasteiger partial charge in [-0.15, -0.1) is 0 Å². The molecule has 14 heavy (non-hydrogen) atoms. The zero-order valence-corrected chi connectivity index (χ0v) is 8.51. The molecule has 4 heteroatoms. The molecule has 1 rings (SSSR count). The van der Waals surface area contributed by atoms with Crippen molar-refractivity contribution >= 4 is 5.69 Å². The van der Waals surface area contributed by atoms with E-state index in [0.29, 0.717) is 11.4 Å². The first kappa shape index (κ1) is 10.9. The molecular formula is C10H17N3O. The van der Waals surface area contributed by atoms with Gasteiger partial charge in [0.1, 0.15) is 6.10 Å². The van der Waals surface area contributed by atoms with Crippen LogP contribution in [0.25, 0.3) is 0 Å². The molecule has 0 amide bonds. The number of anilines is 1. The minimum atomic E-state index is -0.726. The minimum absolute atomic E-state index is 0.212. The first-order chi connectivity index (χ1) is 6.52. The molecule has 0 saturated heterocycles. The fourth-order valence-electron chi connectivity index (χ4n) is 1.15. The number of aliphatic hydroxyl groups is 1. The van der Waals surface area contributed by atoms with E-state index in [9.17, 15) is 5.11 Å². The van der Waals surface area contributed by atoms with Crippen molar-refractivity contribution in [3.63, 3.8) is 0 Å². The van der Waals surface area contributed by atoms with Gasteiger partial charge in [-0.1, -0.05) is 13.8 Å². The number of hydrogen-bond donors (Lipinski definition) is 3. The van der Waals surface area contributed by atoms with Crippen molar-refractivity contribution in [3.05, 3.63) is 24.0 Å². The average molecular weight is 195 g/mol. The number of nitrogen functional groups attached to an aromatic ring is 1. The van der Waals surface area contributed by atoms with Crippen molar-refractivity contribution in [2.24, 2.45) is 11.7 Å². The topological polar surface area (TPSA) is 85.2 Å². The van der Waals surface area contributed by atoms with Gasteiger partial charge in [-0.2, -0.15) is 0 Å². The summed E-state index contributed by atoms with van der Waals surface area (Å²) in [5, 5.41) is 9.82. The molecule has 1 aromatic heterocycles. The summed E-state index contributed by atoms with van der Waals surface area (Å²) in [6, 6.07) is 3.10. The van der Waals surface area contributed by atoms with Crippen molar-refractivity contribution < 1.29 is 5.11 Å². The Kier molecular flexibility index (Phi) is 3.43. The Balaban J connectivity index is 2.78. The van der Waals surface area contributed by atoms with Gasteiger partial charge < -0.3 is 16.6 Å². The van der Waals surface area contributed by atoms with Gasteiger partial charge in [0.2, 0.25) is 0 Å². The second-order valence-corrected chi connectivity index (χ2v) is 3.78. The molecule has 1 heterocycles. The molecular weight excluding hydrogens is 178 g/mol. The van der Waals surface area contributed by atoms with Crippen molar-refractivity contribution in [1.29, 1.82) is 0 Å². The van der Waals surface area contributed by atoms with Crippen LogP contribution in [0.15, 0.2) is 18.3 Å². The molecule has 0 fully saturated rings. The van der Waals surface area contributed by atoms with Crippen LogP contribution < -0.4 is 11.5 Å². The lowest BCUT2D eigenvalue weighted by atomic mass is 9.97. The van der Waals surface area contributed by atoms with E-state index < -0.39 is 6.10 Å². The van der Waals surface area contributed by atoms with Gasteiger partial charge in [0.05, 0.1) is 17.6 Å². The van der Waals surface area contributed by atoms with Crippen LogP contribution in [-0.4, -0.2) is 16.1 Å². The minimum Gasteiger partial charge on any atom is -0.397 e. The number of nitrogens with two attached hydrogens (primary N) is 2. The predicted molar refractivity (Wildman–Crippen MR) is 56.4 cm³/mol. The largest absolute Gasteiger partial charge is 0.397 e. The lowest BCUT2D eigenvalue weighted by Gasteiger charge is -2.21. The molecule has 5 N–H and O–H groups in total. The third-order valence-electron chi connectivity index (χ3n) is 2.25. The van der Waals surface area contributed by atoms with Gasteiger partial charge in [0.25, 0.3) is 0 Å². The summed E-state index contributed by atoms with van der Waals surface area (Å²) in [6.45, 7) is 3.93. The van der Waals surface area contributed by atoms with Gasteiger partial charge in [-0.3, -0.25) is 4.98 Å². The summed E-state index contributed by atoms with van der Waals surface area (Å²) in [7, 11) is 0. The smallest absolute Gasteiger partial charge is 0.111 e. The number of nitrogens with zero attached hydrogens (tertiary/aromatic N) is 1. The monoisotopic (exact) mass is 195 g/mol. The SMILES string of the molecule is CC(C)C(N)C(O)c1ccc(N)cn1. The van der Waals surface area contributed by atoms with Crippen LogP contribution in [-0.2, 0) is 0 Å². The highest BCUT2D eigenvalue weighted by Gasteiger charge is 2.20. The number of pyridine rings is 1. The summed E-state index contributed by atoms with van der Waals surface area (Å²) < 4.78 is 0. The molecule has 0 bridgehead atoms. The van der Waals surface area contributed by atoms with Crippen LogP contribution in [0.1, 0.15) is 25.6 Å².